The van der Waals surface area contributed by atoms with Crippen molar-refractivity contribution in [2.24, 2.45) is 0 Å². The van der Waals surface area contributed by atoms with E-state index >= 15 is 0 Å². The van der Waals surface area contributed by atoms with Gasteiger partial charge in [0.2, 0.25) is 5.91 Å². The van der Waals surface area contributed by atoms with Gasteiger partial charge in [-0.25, -0.2) is 0 Å². The largest absolute Gasteiger partial charge is 0.490 e. The molecule has 0 bridgehead atoms. The second kappa shape index (κ2) is 6.87. The summed E-state index contributed by atoms with van der Waals surface area (Å²) in [6, 6.07) is 11.5. The molecule has 1 unspecified atom stereocenters. The van der Waals surface area contributed by atoms with Crippen LogP contribution in [0.15, 0.2) is 46.2 Å². The first-order valence-corrected chi connectivity index (χ1v) is 8.52. The fraction of sp³-hybridized carbons (Fsp3) is 0.278. The van der Waals surface area contributed by atoms with E-state index in [0.29, 0.717) is 13.0 Å². The maximum atomic E-state index is 12.1. The van der Waals surface area contributed by atoms with Gasteiger partial charge in [0, 0.05) is 10.3 Å². The summed E-state index contributed by atoms with van der Waals surface area (Å²) in [5, 5.41) is 5.93. The Kier molecular flexibility index (Phi) is 4.67. The number of carbonyl (C=O) groups is 1. The van der Waals surface area contributed by atoms with Gasteiger partial charge in [0.15, 0.2) is 11.3 Å². The minimum absolute atomic E-state index is 0.00885. The van der Waals surface area contributed by atoms with Crippen LogP contribution in [0.3, 0.4) is 0 Å². The molecule has 2 heterocycles. The van der Waals surface area contributed by atoms with Gasteiger partial charge in [0.25, 0.3) is 0 Å². The van der Waals surface area contributed by atoms with E-state index in [1.165, 1.54) is 0 Å². The zero-order valence-corrected chi connectivity index (χ0v) is 14.0. The number of thiophene rings is 1. The Balaban J connectivity index is 1.74. The molecule has 0 fully saturated rings. The Morgan fingerprint density at radius 2 is 2.22 bits per heavy atom. The van der Waals surface area contributed by atoms with E-state index in [4.69, 9.17) is 9.15 Å². The quantitative estimate of drug-likeness (QED) is 0.733. The number of benzene rings is 1. The van der Waals surface area contributed by atoms with Crippen molar-refractivity contribution >= 4 is 28.2 Å². The first kappa shape index (κ1) is 15.6. The van der Waals surface area contributed by atoms with Crippen LogP contribution in [0.4, 0.5) is 0 Å². The molecule has 3 aromatic rings. The molecule has 1 amide bonds. The predicted octanol–water partition coefficient (Wildman–Crippen LogP) is 4.31. The number of fused-ring (bicyclic) bond motifs is 1. The number of furan rings is 1. The lowest BCUT2D eigenvalue weighted by Gasteiger charge is -2.10. The molecule has 1 atom stereocenters. The van der Waals surface area contributed by atoms with Crippen LogP contribution < -0.4 is 10.1 Å². The Hall–Kier alpha value is -2.27. The molecule has 5 heteroatoms. The van der Waals surface area contributed by atoms with E-state index in [2.05, 4.69) is 5.32 Å². The van der Waals surface area contributed by atoms with Gasteiger partial charge in [-0.2, -0.15) is 0 Å². The van der Waals surface area contributed by atoms with Crippen molar-refractivity contribution in [2.75, 3.05) is 6.61 Å². The molecular formula is C18H19NO3S. The minimum atomic E-state index is -0.190. The predicted molar refractivity (Wildman–Crippen MR) is 92.0 cm³/mol. The molecule has 23 heavy (non-hydrogen) atoms. The SMILES string of the molecule is CCOc1cccc2cc(C(C)NC(=O)Cc3cccs3)oc12. The lowest BCUT2D eigenvalue weighted by Crippen LogP contribution is -2.27. The van der Waals surface area contributed by atoms with Crippen LogP contribution in [0.5, 0.6) is 5.75 Å². The molecule has 120 valence electrons. The summed E-state index contributed by atoms with van der Waals surface area (Å²) in [7, 11) is 0. The molecule has 1 N–H and O–H groups in total. The molecular weight excluding hydrogens is 310 g/mol. The standard InChI is InChI=1S/C18H19NO3S/c1-3-21-15-8-4-6-13-10-16(22-18(13)15)12(2)19-17(20)11-14-7-5-9-23-14/h4-10,12H,3,11H2,1-2H3,(H,19,20). The van der Waals surface area contributed by atoms with Crippen molar-refractivity contribution in [3.8, 4) is 5.75 Å². The summed E-state index contributed by atoms with van der Waals surface area (Å²) in [5.41, 5.74) is 0.726. The van der Waals surface area contributed by atoms with Gasteiger partial charge in [-0.15, -0.1) is 11.3 Å². The van der Waals surface area contributed by atoms with E-state index in [9.17, 15) is 4.79 Å². The third kappa shape index (κ3) is 3.56. The Morgan fingerprint density at radius 1 is 1.35 bits per heavy atom. The highest BCUT2D eigenvalue weighted by atomic mass is 32.1. The number of amides is 1. The van der Waals surface area contributed by atoms with Crippen molar-refractivity contribution < 1.29 is 13.9 Å². The topological polar surface area (TPSA) is 51.5 Å². The first-order valence-electron chi connectivity index (χ1n) is 7.64. The molecule has 0 radical (unpaired) electrons. The third-order valence-corrected chi connectivity index (χ3v) is 4.42. The number of hydrogen-bond acceptors (Lipinski definition) is 4. The van der Waals surface area contributed by atoms with Gasteiger partial charge in [0.1, 0.15) is 5.76 Å². The van der Waals surface area contributed by atoms with Gasteiger partial charge < -0.3 is 14.5 Å². The summed E-state index contributed by atoms with van der Waals surface area (Å²) in [6.45, 7) is 4.45. The number of para-hydroxylation sites is 1. The van der Waals surface area contributed by atoms with Crippen molar-refractivity contribution in [3.63, 3.8) is 0 Å². The average molecular weight is 329 g/mol. The Bertz CT molecular complexity index is 792. The maximum absolute atomic E-state index is 12.1. The van der Waals surface area contributed by atoms with Crippen LogP contribution in [0, 0.1) is 0 Å². The zero-order chi connectivity index (χ0) is 16.2. The highest BCUT2D eigenvalue weighted by molar-refractivity contribution is 7.10. The van der Waals surface area contributed by atoms with Crippen molar-refractivity contribution in [1.82, 2.24) is 5.32 Å². The van der Waals surface area contributed by atoms with E-state index in [1.54, 1.807) is 11.3 Å². The Morgan fingerprint density at radius 3 is 2.96 bits per heavy atom. The number of ether oxygens (including phenoxy) is 1. The van der Waals surface area contributed by atoms with Crippen molar-refractivity contribution in [2.45, 2.75) is 26.3 Å². The molecule has 1 aromatic carbocycles. The molecule has 0 saturated heterocycles. The average Bonchev–Trinajstić information content (AvgIpc) is 3.16. The number of hydrogen-bond donors (Lipinski definition) is 1. The summed E-state index contributed by atoms with van der Waals surface area (Å²) >= 11 is 1.58. The van der Waals surface area contributed by atoms with Gasteiger partial charge >= 0.3 is 0 Å². The van der Waals surface area contributed by atoms with E-state index < -0.39 is 0 Å². The fourth-order valence-corrected chi connectivity index (χ4v) is 3.18. The van der Waals surface area contributed by atoms with Crippen molar-refractivity contribution in [3.05, 3.63) is 52.4 Å². The molecule has 4 nitrogen and oxygen atoms in total. The highest BCUT2D eigenvalue weighted by Crippen LogP contribution is 2.31. The number of carbonyl (C=O) groups excluding carboxylic acids is 1. The first-order chi connectivity index (χ1) is 11.2. The van der Waals surface area contributed by atoms with E-state index in [-0.39, 0.29) is 11.9 Å². The molecule has 0 aliphatic carbocycles. The van der Waals surface area contributed by atoms with E-state index in [1.807, 2.05) is 55.6 Å². The van der Waals surface area contributed by atoms with E-state index in [0.717, 1.165) is 27.4 Å². The van der Waals surface area contributed by atoms with Gasteiger partial charge in [-0.05, 0) is 37.4 Å². The second-order valence-electron chi connectivity index (χ2n) is 5.30. The van der Waals surface area contributed by atoms with Crippen molar-refractivity contribution in [1.29, 1.82) is 0 Å². The number of rotatable bonds is 6. The number of nitrogens with one attached hydrogen (secondary N) is 1. The smallest absolute Gasteiger partial charge is 0.225 e. The third-order valence-electron chi connectivity index (χ3n) is 3.55. The van der Waals surface area contributed by atoms with Crippen LogP contribution >= 0.6 is 11.3 Å². The van der Waals surface area contributed by atoms with Crippen LogP contribution in [0.1, 0.15) is 30.5 Å². The monoisotopic (exact) mass is 329 g/mol. The summed E-state index contributed by atoms with van der Waals surface area (Å²) < 4.78 is 11.5. The molecule has 2 aromatic heterocycles. The molecule has 0 saturated carbocycles. The zero-order valence-electron chi connectivity index (χ0n) is 13.2. The lowest BCUT2D eigenvalue weighted by molar-refractivity contribution is -0.121. The molecule has 0 aliphatic rings. The summed E-state index contributed by atoms with van der Waals surface area (Å²) in [4.78, 5) is 13.2. The normalized spacial score (nSPS) is 12.3. The van der Waals surface area contributed by atoms with Gasteiger partial charge in [-0.3, -0.25) is 4.79 Å². The van der Waals surface area contributed by atoms with Crippen LogP contribution in [0.25, 0.3) is 11.0 Å². The molecule has 3 rings (SSSR count). The van der Waals surface area contributed by atoms with Gasteiger partial charge in [-0.1, -0.05) is 18.2 Å². The highest BCUT2D eigenvalue weighted by Gasteiger charge is 2.16. The van der Waals surface area contributed by atoms with Gasteiger partial charge in [0.05, 0.1) is 19.1 Å². The van der Waals surface area contributed by atoms with Crippen LogP contribution in [0.2, 0.25) is 0 Å². The summed E-state index contributed by atoms with van der Waals surface area (Å²) in [6.07, 6.45) is 0.395. The Labute approximate surface area is 139 Å². The van der Waals surface area contributed by atoms with Crippen LogP contribution in [-0.4, -0.2) is 12.5 Å². The molecule has 0 spiro atoms. The molecule has 0 aliphatic heterocycles. The minimum Gasteiger partial charge on any atom is -0.490 e. The maximum Gasteiger partial charge on any atom is 0.225 e. The summed E-state index contributed by atoms with van der Waals surface area (Å²) in [5.74, 6) is 1.45. The van der Waals surface area contributed by atoms with Crippen LogP contribution in [-0.2, 0) is 11.2 Å². The fourth-order valence-electron chi connectivity index (χ4n) is 2.47. The lowest BCUT2D eigenvalue weighted by atomic mass is 10.2. The second-order valence-corrected chi connectivity index (χ2v) is 6.33.